The molecule has 0 aliphatic carbocycles. The zero-order valence-electron chi connectivity index (χ0n) is 14.0. The van der Waals surface area contributed by atoms with E-state index in [1.165, 1.54) is 11.1 Å². The number of hydrogen-bond donors (Lipinski definition) is 0. The van der Waals surface area contributed by atoms with Gasteiger partial charge in [-0.3, -0.25) is 4.79 Å². The molecular formula is C20H23NO2. The Kier molecular flexibility index (Phi) is 4.37. The first kappa shape index (κ1) is 15.6. The molecule has 120 valence electrons. The molecule has 1 heterocycles. The third-order valence-electron chi connectivity index (χ3n) is 4.30. The Balaban J connectivity index is 1.68. The predicted octanol–water partition coefficient (Wildman–Crippen LogP) is 3.66. The molecule has 0 aromatic heterocycles. The van der Waals surface area contributed by atoms with E-state index in [-0.39, 0.29) is 5.91 Å². The Labute approximate surface area is 137 Å². The summed E-state index contributed by atoms with van der Waals surface area (Å²) in [4.78, 5) is 14.6. The number of benzene rings is 2. The van der Waals surface area contributed by atoms with Crippen LogP contribution in [0.2, 0.25) is 0 Å². The van der Waals surface area contributed by atoms with Crippen LogP contribution in [-0.4, -0.2) is 23.5 Å². The van der Waals surface area contributed by atoms with Crippen molar-refractivity contribution in [2.45, 2.75) is 39.8 Å². The summed E-state index contributed by atoms with van der Waals surface area (Å²) in [5.41, 5.74) is 4.88. The monoisotopic (exact) mass is 309 g/mol. The topological polar surface area (TPSA) is 29.5 Å². The van der Waals surface area contributed by atoms with Gasteiger partial charge in [-0.05, 0) is 61.6 Å². The van der Waals surface area contributed by atoms with Crippen molar-refractivity contribution in [3.63, 3.8) is 0 Å². The van der Waals surface area contributed by atoms with Crippen LogP contribution < -0.4 is 4.74 Å². The Hall–Kier alpha value is -2.29. The first-order valence-corrected chi connectivity index (χ1v) is 8.13. The molecule has 3 nitrogen and oxygen atoms in total. The average molecular weight is 309 g/mol. The summed E-state index contributed by atoms with van der Waals surface area (Å²) in [5.74, 6) is 0.819. The standard InChI is InChI=1S/C20H23NO2/c1-14-10-15(2)12-19(11-14)23-16(3)20(22)21-9-8-17-6-4-5-7-18(17)13-21/h4-7,10-12,16H,8-9,13H2,1-3H3/t16-/m0/s1. The molecule has 1 atom stereocenters. The van der Waals surface area contributed by atoms with E-state index in [1.807, 2.05) is 43.9 Å². The highest BCUT2D eigenvalue weighted by Gasteiger charge is 2.25. The van der Waals surface area contributed by atoms with Crippen LogP contribution in [-0.2, 0) is 17.8 Å². The quantitative estimate of drug-likeness (QED) is 0.866. The van der Waals surface area contributed by atoms with Gasteiger partial charge in [-0.1, -0.05) is 30.3 Å². The lowest BCUT2D eigenvalue weighted by atomic mass is 9.99. The molecule has 0 spiro atoms. The molecular weight excluding hydrogens is 286 g/mol. The van der Waals surface area contributed by atoms with Gasteiger partial charge in [0.2, 0.25) is 0 Å². The lowest BCUT2D eigenvalue weighted by Crippen LogP contribution is -2.43. The minimum absolute atomic E-state index is 0.0543. The van der Waals surface area contributed by atoms with Crippen LogP contribution >= 0.6 is 0 Å². The third-order valence-corrected chi connectivity index (χ3v) is 4.30. The van der Waals surface area contributed by atoms with Crippen molar-refractivity contribution in [1.29, 1.82) is 0 Å². The second-order valence-corrected chi connectivity index (χ2v) is 6.36. The number of carbonyl (C=O) groups is 1. The van der Waals surface area contributed by atoms with E-state index in [0.29, 0.717) is 6.54 Å². The van der Waals surface area contributed by atoms with Crippen LogP contribution in [0.5, 0.6) is 5.75 Å². The van der Waals surface area contributed by atoms with E-state index in [9.17, 15) is 4.79 Å². The maximum atomic E-state index is 12.7. The van der Waals surface area contributed by atoms with Crippen LogP contribution in [0, 0.1) is 13.8 Å². The Morgan fingerprint density at radius 2 is 1.74 bits per heavy atom. The summed E-state index contributed by atoms with van der Waals surface area (Å²) in [6.07, 6.45) is 0.444. The maximum absolute atomic E-state index is 12.7. The highest BCUT2D eigenvalue weighted by Crippen LogP contribution is 2.21. The van der Waals surface area contributed by atoms with Gasteiger partial charge >= 0.3 is 0 Å². The molecule has 0 fully saturated rings. The van der Waals surface area contributed by atoms with Gasteiger partial charge < -0.3 is 9.64 Å². The lowest BCUT2D eigenvalue weighted by molar-refractivity contribution is -0.138. The summed E-state index contributed by atoms with van der Waals surface area (Å²) in [6.45, 7) is 7.34. The number of aryl methyl sites for hydroxylation is 2. The van der Waals surface area contributed by atoms with Crippen LogP contribution in [0.15, 0.2) is 42.5 Å². The van der Waals surface area contributed by atoms with E-state index >= 15 is 0 Å². The average Bonchev–Trinajstić information content (AvgIpc) is 2.52. The van der Waals surface area contributed by atoms with E-state index in [2.05, 4.69) is 24.3 Å². The lowest BCUT2D eigenvalue weighted by Gasteiger charge is -2.31. The van der Waals surface area contributed by atoms with Gasteiger partial charge in [-0.15, -0.1) is 0 Å². The number of fused-ring (bicyclic) bond motifs is 1. The van der Waals surface area contributed by atoms with Crippen molar-refractivity contribution < 1.29 is 9.53 Å². The van der Waals surface area contributed by atoms with Crippen molar-refractivity contribution >= 4 is 5.91 Å². The van der Waals surface area contributed by atoms with Gasteiger partial charge in [0.15, 0.2) is 6.10 Å². The Bertz CT molecular complexity index is 703. The number of hydrogen-bond acceptors (Lipinski definition) is 2. The van der Waals surface area contributed by atoms with Gasteiger partial charge in [0.1, 0.15) is 5.75 Å². The molecule has 23 heavy (non-hydrogen) atoms. The van der Waals surface area contributed by atoms with Gasteiger partial charge in [-0.25, -0.2) is 0 Å². The number of carbonyl (C=O) groups excluding carboxylic acids is 1. The highest BCUT2D eigenvalue weighted by molar-refractivity contribution is 5.81. The summed E-state index contributed by atoms with van der Waals surface area (Å²) in [5, 5.41) is 0. The van der Waals surface area contributed by atoms with Gasteiger partial charge in [0.05, 0.1) is 0 Å². The van der Waals surface area contributed by atoms with Crippen molar-refractivity contribution in [1.82, 2.24) is 4.90 Å². The third kappa shape index (κ3) is 3.55. The van der Waals surface area contributed by atoms with Crippen molar-refractivity contribution in [3.8, 4) is 5.75 Å². The molecule has 2 aromatic rings. The van der Waals surface area contributed by atoms with Crippen LogP contribution in [0.3, 0.4) is 0 Å². The molecule has 1 aliphatic rings. The fraction of sp³-hybridized carbons (Fsp3) is 0.350. The fourth-order valence-corrected chi connectivity index (χ4v) is 3.20. The highest BCUT2D eigenvalue weighted by atomic mass is 16.5. The van der Waals surface area contributed by atoms with Gasteiger partial charge in [0.25, 0.3) is 5.91 Å². The number of ether oxygens (including phenoxy) is 1. The molecule has 1 aliphatic heterocycles. The first-order chi connectivity index (χ1) is 11.0. The first-order valence-electron chi connectivity index (χ1n) is 8.13. The van der Waals surface area contributed by atoms with Crippen LogP contribution in [0.25, 0.3) is 0 Å². The van der Waals surface area contributed by atoms with Crippen LogP contribution in [0.4, 0.5) is 0 Å². The summed E-state index contributed by atoms with van der Waals surface area (Å²) in [6, 6.07) is 14.4. The molecule has 0 N–H and O–H groups in total. The van der Waals surface area contributed by atoms with E-state index < -0.39 is 6.10 Å². The van der Waals surface area contributed by atoms with Crippen LogP contribution in [0.1, 0.15) is 29.2 Å². The van der Waals surface area contributed by atoms with Crippen molar-refractivity contribution in [2.24, 2.45) is 0 Å². The molecule has 1 amide bonds. The molecule has 0 bridgehead atoms. The Morgan fingerprint density at radius 1 is 1.09 bits per heavy atom. The minimum Gasteiger partial charge on any atom is -0.481 e. The summed E-state index contributed by atoms with van der Waals surface area (Å²) < 4.78 is 5.89. The number of amides is 1. The van der Waals surface area contributed by atoms with Crippen molar-refractivity contribution in [2.75, 3.05) is 6.54 Å². The molecule has 3 rings (SSSR count). The smallest absolute Gasteiger partial charge is 0.263 e. The Morgan fingerprint density at radius 3 is 2.43 bits per heavy atom. The second-order valence-electron chi connectivity index (χ2n) is 6.36. The zero-order valence-corrected chi connectivity index (χ0v) is 14.0. The SMILES string of the molecule is Cc1cc(C)cc(O[C@@H](C)C(=O)N2CCc3ccccc3C2)c1. The molecule has 3 heteroatoms. The van der Waals surface area contributed by atoms with Crippen molar-refractivity contribution in [3.05, 3.63) is 64.7 Å². The summed E-state index contributed by atoms with van der Waals surface area (Å²) >= 11 is 0. The maximum Gasteiger partial charge on any atom is 0.263 e. The van der Waals surface area contributed by atoms with E-state index in [4.69, 9.17) is 4.74 Å². The van der Waals surface area contributed by atoms with Gasteiger partial charge in [-0.2, -0.15) is 0 Å². The molecule has 0 unspecified atom stereocenters. The van der Waals surface area contributed by atoms with Gasteiger partial charge in [0, 0.05) is 13.1 Å². The van der Waals surface area contributed by atoms with E-state index in [1.54, 1.807) is 0 Å². The number of nitrogens with zero attached hydrogens (tertiary/aromatic N) is 1. The fourth-order valence-electron chi connectivity index (χ4n) is 3.20. The molecule has 0 saturated heterocycles. The van der Waals surface area contributed by atoms with E-state index in [0.717, 1.165) is 29.8 Å². The molecule has 0 saturated carbocycles. The predicted molar refractivity (Wildman–Crippen MR) is 91.6 cm³/mol. The normalized spacial score (nSPS) is 15.0. The second kappa shape index (κ2) is 6.45. The number of rotatable bonds is 3. The molecule has 0 radical (unpaired) electrons. The molecule has 2 aromatic carbocycles. The minimum atomic E-state index is -0.471. The largest absolute Gasteiger partial charge is 0.481 e. The zero-order chi connectivity index (χ0) is 16.4. The summed E-state index contributed by atoms with van der Waals surface area (Å²) in [7, 11) is 0.